The van der Waals surface area contributed by atoms with Gasteiger partial charge < -0.3 is 4.90 Å². The molecule has 3 aliphatic heterocycles. The third-order valence-corrected chi connectivity index (χ3v) is 5.29. The summed E-state index contributed by atoms with van der Waals surface area (Å²) in [4.78, 5) is 17.2. The van der Waals surface area contributed by atoms with Crippen molar-refractivity contribution in [2.45, 2.75) is 38.3 Å². The number of carbonyl (C=O) groups is 1. The first-order valence-electron chi connectivity index (χ1n) is 8.36. The maximum atomic E-state index is 12.4. The molecule has 1 aromatic rings. The molecular formula is C18H24N2O. The molecule has 0 aromatic heterocycles. The van der Waals surface area contributed by atoms with Crippen LogP contribution in [0.15, 0.2) is 30.3 Å². The summed E-state index contributed by atoms with van der Waals surface area (Å²) in [6.45, 7) is 4.15. The third kappa shape index (κ3) is 2.84. The van der Waals surface area contributed by atoms with Crippen LogP contribution in [0.5, 0.6) is 0 Å². The lowest BCUT2D eigenvalue weighted by Crippen LogP contribution is -2.44. The molecule has 0 N–H and O–H groups in total. The molecule has 1 aromatic carbocycles. The quantitative estimate of drug-likeness (QED) is 0.851. The highest BCUT2D eigenvalue weighted by atomic mass is 16.2. The van der Waals surface area contributed by atoms with Gasteiger partial charge >= 0.3 is 0 Å². The summed E-state index contributed by atoms with van der Waals surface area (Å²) >= 11 is 0. The molecule has 3 heteroatoms. The number of rotatable bonds is 3. The minimum absolute atomic E-state index is 0.366. The van der Waals surface area contributed by atoms with Crippen LogP contribution in [0.1, 0.15) is 31.2 Å². The Morgan fingerprint density at radius 2 is 1.81 bits per heavy atom. The van der Waals surface area contributed by atoms with Crippen molar-refractivity contribution in [1.82, 2.24) is 9.80 Å². The van der Waals surface area contributed by atoms with Gasteiger partial charge in [0.15, 0.2) is 0 Å². The van der Waals surface area contributed by atoms with Gasteiger partial charge in [0, 0.05) is 38.1 Å². The maximum absolute atomic E-state index is 12.4. The van der Waals surface area contributed by atoms with E-state index in [9.17, 15) is 4.79 Å². The second-order valence-electron chi connectivity index (χ2n) is 7.03. The molecule has 1 saturated carbocycles. The van der Waals surface area contributed by atoms with Crippen LogP contribution in [0.3, 0.4) is 0 Å². The SMILES string of the molecule is O=C(C1CC1)N1C[C@H]2CC[C@@H](C1)N(Cc1ccccc1)C2. The topological polar surface area (TPSA) is 23.6 Å². The van der Waals surface area contributed by atoms with E-state index in [1.165, 1.54) is 18.4 Å². The van der Waals surface area contributed by atoms with Crippen molar-refractivity contribution in [3.05, 3.63) is 35.9 Å². The highest BCUT2D eigenvalue weighted by Gasteiger charge is 2.40. The van der Waals surface area contributed by atoms with E-state index in [-0.39, 0.29) is 0 Å². The van der Waals surface area contributed by atoms with Crippen molar-refractivity contribution in [3.8, 4) is 0 Å². The Morgan fingerprint density at radius 3 is 2.57 bits per heavy atom. The van der Waals surface area contributed by atoms with E-state index < -0.39 is 0 Å². The first kappa shape index (κ1) is 13.3. The number of carbonyl (C=O) groups excluding carboxylic acids is 1. The van der Waals surface area contributed by atoms with Gasteiger partial charge in [-0.05, 0) is 37.2 Å². The average Bonchev–Trinajstić information content (AvgIpc) is 3.35. The zero-order valence-electron chi connectivity index (χ0n) is 12.6. The summed E-state index contributed by atoms with van der Waals surface area (Å²) in [5.74, 6) is 1.48. The summed E-state index contributed by atoms with van der Waals surface area (Å²) in [5, 5.41) is 0. The van der Waals surface area contributed by atoms with Crippen LogP contribution in [0.4, 0.5) is 0 Å². The van der Waals surface area contributed by atoms with Gasteiger partial charge in [0.05, 0.1) is 0 Å². The lowest BCUT2D eigenvalue weighted by atomic mass is 9.94. The Balaban J connectivity index is 1.47. The highest BCUT2D eigenvalue weighted by molar-refractivity contribution is 5.81. The first-order valence-corrected chi connectivity index (χ1v) is 8.36. The second-order valence-corrected chi connectivity index (χ2v) is 7.03. The Morgan fingerprint density at radius 1 is 1.00 bits per heavy atom. The Hall–Kier alpha value is -1.35. The summed E-state index contributed by atoms with van der Waals surface area (Å²) in [6, 6.07) is 11.3. The number of hydrogen-bond donors (Lipinski definition) is 0. The van der Waals surface area contributed by atoms with Crippen LogP contribution in [0.2, 0.25) is 0 Å². The molecule has 0 unspecified atom stereocenters. The van der Waals surface area contributed by atoms with Crippen molar-refractivity contribution in [3.63, 3.8) is 0 Å². The van der Waals surface area contributed by atoms with Crippen LogP contribution < -0.4 is 0 Å². The largest absolute Gasteiger partial charge is 0.341 e. The molecule has 4 fully saturated rings. The van der Waals surface area contributed by atoms with E-state index in [2.05, 4.69) is 40.1 Å². The lowest BCUT2D eigenvalue weighted by molar-refractivity contribution is -0.132. The summed E-state index contributed by atoms with van der Waals surface area (Å²) in [5.41, 5.74) is 1.39. The predicted octanol–water partition coefficient (Wildman–Crippen LogP) is 2.52. The fourth-order valence-electron chi connectivity index (χ4n) is 3.96. The molecule has 112 valence electrons. The van der Waals surface area contributed by atoms with Crippen molar-refractivity contribution in [2.24, 2.45) is 11.8 Å². The van der Waals surface area contributed by atoms with Crippen LogP contribution in [0.25, 0.3) is 0 Å². The van der Waals surface area contributed by atoms with Crippen molar-refractivity contribution in [2.75, 3.05) is 19.6 Å². The van der Waals surface area contributed by atoms with Gasteiger partial charge in [0.1, 0.15) is 0 Å². The summed E-state index contributed by atoms with van der Waals surface area (Å²) < 4.78 is 0. The molecule has 21 heavy (non-hydrogen) atoms. The lowest BCUT2D eigenvalue weighted by Gasteiger charge is -2.36. The number of piperidine rings is 1. The fraction of sp³-hybridized carbons (Fsp3) is 0.611. The molecule has 1 aliphatic carbocycles. The minimum atomic E-state index is 0.366. The van der Waals surface area contributed by atoms with Crippen LogP contribution in [-0.2, 0) is 11.3 Å². The molecule has 1 amide bonds. The predicted molar refractivity (Wildman–Crippen MR) is 82.7 cm³/mol. The van der Waals surface area contributed by atoms with Crippen LogP contribution in [-0.4, -0.2) is 41.4 Å². The van der Waals surface area contributed by atoms with Crippen molar-refractivity contribution < 1.29 is 4.79 Å². The summed E-state index contributed by atoms with van der Waals surface area (Å²) in [7, 11) is 0. The third-order valence-electron chi connectivity index (χ3n) is 5.29. The fourth-order valence-corrected chi connectivity index (χ4v) is 3.96. The van der Waals surface area contributed by atoms with Gasteiger partial charge in [0.25, 0.3) is 0 Å². The van der Waals surface area contributed by atoms with Gasteiger partial charge in [-0.1, -0.05) is 30.3 Å². The molecule has 3 nitrogen and oxygen atoms in total. The van der Waals surface area contributed by atoms with Gasteiger partial charge in [-0.25, -0.2) is 0 Å². The van der Waals surface area contributed by atoms with Crippen LogP contribution in [0, 0.1) is 11.8 Å². The first-order chi connectivity index (χ1) is 10.3. The second kappa shape index (κ2) is 5.45. The monoisotopic (exact) mass is 284 g/mol. The molecule has 0 radical (unpaired) electrons. The smallest absolute Gasteiger partial charge is 0.225 e. The van der Waals surface area contributed by atoms with Gasteiger partial charge in [0.2, 0.25) is 5.91 Å². The molecule has 5 rings (SSSR count). The Kier molecular flexibility index (Phi) is 3.46. The van der Waals surface area contributed by atoms with E-state index in [1.54, 1.807) is 0 Å². The minimum Gasteiger partial charge on any atom is -0.341 e. The number of nitrogens with zero attached hydrogens (tertiary/aromatic N) is 2. The Bertz CT molecular complexity index is 511. The van der Waals surface area contributed by atoms with E-state index in [0.29, 0.717) is 23.8 Å². The number of amides is 1. The van der Waals surface area contributed by atoms with Gasteiger partial charge in [-0.15, -0.1) is 0 Å². The number of benzene rings is 1. The molecule has 3 heterocycles. The molecule has 2 atom stereocenters. The standard InChI is InChI=1S/C18H24N2O/c21-18(16-7-8-16)20-12-15-6-9-17(13-20)19(11-15)10-14-4-2-1-3-5-14/h1-5,15-17H,6-13H2/t15-,17-/m0/s1. The summed E-state index contributed by atoms with van der Waals surface area (Å²) in [6.07, 6.45) is 4.80. The average molecular weight is 284 g/mol. The van der Waals surface area contributed by atoms with E-state index in [4.69, 9.17) is 0 Å². The number of fused-ring (bicyclic) bond motifs is 4. The molecule has 0 spiro atoms. The number of hydrogen-bond acceptors (Lipinski definition) is 2. The normalized spacial score (nSPS) is 29.4. The Labute approximate surface area is 126 Å². The van der Waals surface area contributed by atoms with Gasteiger partial charge in [-0.3, -0.25) is 9.69 Å². The zero-order chi connectivity index (χ0) is 14.2. The van der Waals surface area contributed by atoms with Crippen LogP contribution >= 0.6 is 0 Å². The molecule has 2 bridgehead atoms. The van der Waals surface area contributed by atoms with E-state index >= 15 is 0 Å². The molecular weight excluding hydrogens is 260 g/mol. The van der Waals surface area contributed by atoms with Crippen molar-refractivity contribution >= 4 is 5.91 Å². The molecule has 4 aliphatic rings. The maximum Gasteiger partial charge on any atom is 0.225 e. The van der Waals surface area contributed by atoms with E-state index in [0.717, 1.165) is 39.0 Å². The highest BCUT2D eigenvalue weighted by Crippen LogP contribution is 2.35. The van der Waals surface area contributed by atoms with Crippen molar-refractivity contribution in [1.29, 1.82) is 0 Å². The van der Waals surface area contributed by atoms with E-state index in [1.807, 2.05) is 0 Å². The van der Waals surface area contributed by atoms with Gasteiger partial charge in [-0.2, -0.15) is 0 Å². The zero-order valence-corrected chi connectivity index (χ0v) is 12.6. The molecule has 3 saturated heterocycles.